The molecule has 7 rings (SSSR count). The standard InChI is InChI=1S/C41H58O8/c1-24(42)47-32-22-30-36(2,3)31(49-33(43)14-13-25-11-9-8-10-12-25)17-18-38(30,6)29-16-19-40-23-41(40,39(29,32)7)20-15-27(40)26-21-28(48-35(26)45)34(44)37(4,5)46/h8-14,26-32,34-35,44-46H,15-23H2,1-7H3/t26-,27+,28+,29-,30+,31-,32-,34+,35+,38-,39+,40-,41-/m1/s1. The summed E-state index contributed by atoms with van der Waals surface area (Å²) in [7, 11) is 0. The lowest BCUT2D eigenvalue weighted by atomic mass is 9.37. The first-order chi connectivity index (χ1) is 22.9. The zero-order valence-corrected chi connectivity index (χ0v) is 30.5. The van der Waals surface area contributed by atoms with Crippen LogP contribution in [0.2, 0.25) is 0 Å². The number of fused-ring (bicyclic) bond motifs is 3. The molecule has 0 bridgehead atoms. The number of benzene rings is 1. The highest BCUT2D eigenvalue weighted by atomic mass is 16.6. The number of aliphatic hydroxyl groups is 3. The summed E-state index contributed by atoms with van der Waals surface area (Å²) in [6.07, 6.45) is 8.36. The SMILES string of the molecule is CC(=O)O[C@@H]1C[C@H]2C(C)(C)[C@H](OC(=O)C=Cc3ccccc3)CC[C@]2(C)[C@H]2CC[C@]34C[C@]3(CC[C@H]4[C@H]3C[C@@H]([C@H](O)C(C)(C)O)O[C@@H]3O)[C@@]21C. The fourth-order valence-electron chi connectivity index (χ4n) is 13.5. The molecule has 270 valence electrons. The molecule has 5 aliphatic carbocycles. The van der Waals surface area contributed by atoms with Crippen molar-refractivity contribution in [3.05, 3.63) is 42.0 Å². The Morgan fingerprint density at radius 1 is 0.959 bits per heavy atom. The van der Waals surface area contributed by atoms with Crippen LogP contribution in [0, 0.1) is 50.7 Å². The Hall–Kier alpha value is -2.26. The Morgan fingerprint density at radius 2 is 1.67 bits per heavy atom. The van der Waals surface area contributed by atoms with E-state index in [2.05, 4.69) is 27.7 Å². The first-order valence-corrected chi connectivity index (χ1v) is 18.8. The van der Waals surface area contributed by atoms with Crippen molar-refractivity contribution in [2.75, 3.05) is 0 Å². The predicted molar refractivity (Wildman–Crippen MR) is 184 cm³/mol. The molecule has 1 saturated heterocycles. The third kappa shape index (κ3) is 5.12. The average Bonchev–Trinajstić information content (AvgIpc) is 3.40. The van der Waals surface area contributed by atoms with Gasteiger partial charge in [-0.2, -0.15) is 0 Å². The maximum atomic E-state index is 13.1. The van der Waals surface area contributed by atoms with Crippen molar-refractivity contribution in [2.24, 2.45) is 50.7 Å². The van der Waals surface area contributed by atoms with E-state index in [1.54, 1.807) is 19.9 Å². The van der Waals surface area contributed by atoms with Gasteiger partial charge in [0.05, 0.1) is 11.7 Å². The molecule has 0 amide bonds. The molecule has 6 fully saturated rings. The van der Waals surface area contributed by atoms with E-state index in [-0.39, 0.29) is 69.0 Å². The van der Waals surface area contributed by atoms with Crippen LogP contribution in [-0.2, 0) is 23.8 Å². The fourth-order valence-corrected chi connectivity index (χ4v) is 13.5. The quantitative estimate of drug-likeness (QED) is 0.222. The van der Waals surface area contributed by atoms with Crippen molar-refractivity contribution in [1.82, 2.24) is 0 Å². The molecule has 1 aliphatic heterocycles. The summed E-state index contributed by atoms with van der Waals surface area (Å²) in [4.78, 5) is 26.0. The molecule has 8 nitrogen and oxygen atoms in total. The van der Waals surface area contributed by atoms with Crippen molar-refractivity contribution >= 4 is 18.0 Å². The minimum absolute atomic E-state index is 0.00401. The molecule has 3 N–H and O–H groups in total. The zero-order chi connectivity index (χ0) is 35.4. The summed E-state index contributed by atoms with van der Waals surface area (Å²) < 4.78 is 18.6. The summed E-state index contributed by atoms with van der Waals surface area (Å²) >= 11 is 0. The second kappa shape index (κ2) is 11.6. The molecule has 1 heterocycles. The Labute approximate surface area is 292 Å². The highest BCUT2D eigenvalue weighted by molar-refractivity contribution is 5.87. The lowest BCUT2D eigenvalue weighted by molar-refractivity contribution is -0.251. The first kappa shape index (κ1) is 35.2. The van der Waals surface area contributed by atoms with Crippen LogP contribution >= 0.6 is 0 Å². The monoisotopic (exact) mass is 678 g/mol. The lowest BCUT2D eigenvalue weighted by Gasteiger charge is -2.68. The smallest absolute Gasteiger partial charge is 0.331 e. The van der Waals surface area contributed by atoms with Gasteiger partial charge in [-0.05, 0) is 117 Å². The molecule has 1 aromatic rings. The minimum Gasteiger partial charge on any atom is -0.462 e. The third-order valence-corrected chi connectivity index (χ3v) is 15.6. The topological polar surface area (TPSA) is 123 Å². The summed E-state index contributed by atoms with van der Waals surface area (Å²) in [5, 5.41) is 32.6. The van der Waals surface area contributed by atoms with Crippen LogP contribution in [0.15, 0.2) is 36.4 Å². The van der Waals surface area contributed by atoms with Crippen molar-refractivity contribution in [2.45, 2.75) is 143 Å². The van der Waals surface area contributed by atoms with Crippen molar-refractivity contribution < 1.29 is 39.1 Å². The van der Waals surface area contributed by atoms with Crippen LogP contribution in [0.5, 0.6) is 0 Å². The van der Waals surface area contributed by atoms with E-state index in [0.717, 1.165) is 56.9 Å². The average molecular weight is 679 g/mol. The fraction of sp³-hybridized carbons (Fsp3) is 0.756. The van der Waals surface area contributed by atoms with Gasteiger partial charge < -0.3 is 29.5 Å². The van der Waals surface area contributed by atoms with Crippen LogP contribution in [0.25, 0.3) is 6.08 Å². The normalized spacial score (nSPS) is 45.8. The van der Waals surface area contributed by atoms with Crippen LogP contribution in [0.4, 0.5) is 0 Å². The van der Waals surface area contributed by atoms with Crippen molar-refractivity contribution in [3.8, 4) is 0 Å². The molecular weight excluding hydrogens is 620 g/mol. The summed E-state index contributed by atoms with van der Waals surface area (Å²) in [5.74, 6) is 0.0994. The molecule has 13 atom stereocenters. The highest BCUT2D eigenvalue weighted by Crippen LogP contribution is 2.91. The van der Waals surface area contributed by atoms with E-state index in [4.69, 9.17) is 14.2 Å². The summed E-state index contributed by atoms with van der Waals surface area (Å²) in [5.41, 5.74) is -0.895. The van der Waals surface area contributed by atoms with Gasteiger partial charge in [-0.1, -0.05) is 58.0 Å². The van der Waals surface area contributed by atoms with Gasteiger partial charge in [0, 0.05) is 29.7 Å². The molecule has 0 unspecified atom stereocenters. The molecule has 5 saturated carbocycles. The summed E-state index contributed by atoms with van der Waals surface area (Å²) in [6.45, 7) is 14.1. The Balaban J connectivity index is 1.15. The molecule has 49 heavy (non-hydrogen) atoms. The van der Waals surface area contributed by atoms with Gasteiger partial charge in [-0.3, -0.25) is 4.79 Å². The van der Waals surface area contributed by atoms with Crippen LogP contribution in [0.3, 0.4) is 0 Å². The second-order valence-electron chi connectivity index (χ2n) is 18.4. The molecule has 0 radical (unpaired) electrons. The van der Waals surface area contributed by atoms with Crippen molar-refractivity contribution in [1.29, 1.82) is 0 Å². The van der Waals surface area contributed by atoms with Gasteiger partial charge in [-0.15, -0.1) is 0 Å². The van der Waals surface area contributed by atoms with Gasteiger partial charge in [0.2, 0.25) is 0 Å². The van der Waals surface area contributed by atoms with Gasteiger partial charge in [0.1, 0.15) is 18.3 Å². The van der Waals surface area contributed by atoms with E-state index in [9.17, 15) is 24.9 Å². The van der Waals surface area contributed by atoms with E-state index in [0.29, 0.717) is 12.3 Å². The van der Waals surface area contributed by atoms with E-state index in [1.807, 2.05) is 30.3 Å². The molecular formula is C41H58O8. The van der Waals surface area contributed by atoms with E-state index < -0.39 is 24.1 Å². The van der Waals surface area contributed by atoms with Crippen LogP contribution in [0.1, 0.15) is 112 Å². The first-order valence-electron chi connectivity index (χ1n) is 18.8. The minimum atomic E-state index is -1.32. The molecule has 6 aliphatic rings. The largest absolute Gasteiger partial charge is 0.462 e. The lowest BCUT2D eigenvalue weighted by Crippen LogP contribution is -2.67. The molecule has 1 aromatic carbocycles. The second-order valence-corrected chi connectivity index (χ2v) is 18.4. The predicted octanol–water partition coefficient (Wildman–Crippen LogP) is 6.45. The van der Waals surface area contributed by atoms with Crippen LogP contribution < -0.4 is 0 Å². The maximum absolute atomic E-state index is 13.1. The van der Waals surface area contributed by atoms with Crippen molar-refractivity contribution in [3.63, 3.8) is 0 Å². The Morgan fingerprint density at radius 3 is 2.35 bits per heavy atom. The number of carbonyl (C=O) groups is 2. The zero-order valence-electron chi connectivity index (χ0n) is 30.5. The number of ether oxygens (including phenoxy) is 3. The maximum Gasteiger partial charge on any atom is 0.331 e. The molecule has 0 spiro atoms. The number of rotatable bonds is 7. The van der Waals surface area contributed by atoms with E-state index in [1.165, 1.54) is 13.0 Å². The number of esters is 2. The highest BCUT2D eigenvalue weighted by Gasteiger charge is 2.86. The third-order valence-electron chi connectivity index (χ3n) is 15.6. The molecule has 8 heteroatoms. The number of aliphatic hydroxyl groups excluding tert-OH is 2. The van der Waals surface area contributed by atoms with Gasteiger partial charge in [0.25, 0.3) is 0 Å². The number of carbonyl (C=O) groups excluding carboxylic acids is 2. The van der Waals surface area contributed by atoms with Gasteiger partial charge in [0.15, 0.2) is 6.29 Å². The number of hydrogen-bond donors (Lipinski definition) is 3. The van der Waals surface area contributed by atoms with Gasteiger partial charge >= 0.3 is 11.9 Å². The van der Waals surface area contributed by atoms with E-state index >= 15 is 0 Å². The molecule has 0 aromatic heterocycles. The van der Waals surface area contributed by atoms with Crippen LogP contribution in [-0.4, -0.2) is 63.6 Å². The Bertz CT molecular complexity index is 1480. The Kier molecular flexibility index (Phi) is 8.34. The van der Waals surface area contributed by atoms with Gasteiger partial charge in [-0.25, -0.2) is 4.79 Å². The number of hydrogen-bond acceptors (Lipinski definition) is 8. The summed E-state index contributed by atoms with van der Waals surface area (Å²) in [6, 6.07) is 9.76.